The third kappa shape index (κ3) is 4.50. The van der Waals surface area contributed by atoms with Gasteiger partial charge in [-0.2, -0.15) is 0 Å². The number of anilines is 1. The van der Waals surface area contributed by atoms with E-state index in [9.17, 15) is 14.7 Å². The van der Waals surface area contributed by atoms with Crippen molar-refractivity contribution < 1.29 is 24.2 Å². The molecule has 1 atom stereocenters. The van der Waals surface area contributed by atoms with Crippen molar-refractivity contribution >= 4 is 34.7 Å². The molecule has 3 aromatic rings. The molecule has 34 heavy (non-hydrogen) atoms. The van der Waals surface area contributed by atoms with E-state index in [4.69, 9.17) is 21.1 Å². The molecule has 1 amide bonds. The van der Waals surface area contributed by atoms with E-state index in [-0.39, 0.29) is 11.3 Å². The number of carbonyl (C=O) groups excluding carboxylic acids is 2. The second-order valence-electron chi connectivity index (χ2n) is 7.80. The highest BCUT2D eigenvalue weighted by Gasteiger charge is 2.47. The fourth-order valence-corrected chi connectivity index (χ4v) is 4.15. The van der Waals surface area contributed by atoms with E-state index in [1.54, 1.807) is 72.8 Å². The Balaban J connectivity index is 1.91. The maximum Gasteiger partial charge on any atom is 0.300 e. The van der Waals surface area contributed by atoms with Gasteiger partial charge in [0.05, 0.1) is 25.3 Å². The Morgan fingerprint density at radius 3 is 2.47 bits per heavy atom. The van der Waals surface area contributed by atoms with Crippen LogP contribution in [0.3, 0.4) is 0 Å². The van der Waals surface area contributed by atoms with E-state index in [0.29, 0.717) is 39.9 Å². The number of ketones is 1. The van der Waals surface area contributed by atoms with Crippen LogP contribution in [0.1, 0.15) is 30.5 Å². The zero-order valence-corrected chi connectivity index (χ0v) is 19.6. The maximum atomic E-state index is 13.3. The van der Waals surface area contributed by atoms with E-state index < -0.39 is 17.7 Å². The average Bonchev–Trinajstić information content (AvgIpc) is 3.12. The fourth-order valence-electron chi connectivity index (χ4n) is 3.96. The van der Waals surface area contributed by atoms with Gasteiger partial charge in [-0.15, -0.1) is 0 Å². The van der Waals surface area contributed by atoms with Gasteiger partial charge in [0.15, 0.2) is 0 Å². The zero-order valence-electron chi connectivity index (χ0n) is 18.8. The standard InChI is InChI=1S/C27H24ClNO5/c1-3-13-34-22-12-6-10-20(16-22)29-24(17-7-5-11-21(15-17)33-2)23(26(31)27(29)32)25(30)18-8-4-9-19(28)14-18/h4-12,14-16,24,30H,3,13H2,1-2H3/b25-23+. The molecule has 0 radical (unpaired) electrons. The van der Waals surface area contributed by atoms with Crippen LogP contribution in [0, 0.1) is 0 Å². The van der Waals surface area contributed by atoms with Crippen LogP contribution in [0.2, 0.25) is 5.02 Å². The number of amides is 1. The molecule has 1 fully saturated rings. The van der Waals surface area contributed by atoms with Gasteiger partial charge in [-0.1, -0.05) is 48.9 Å². The number of rotatable bonds is 7. The smallest absolute Gasteiger partial charge is 0.300 e. The highest BCUT2D eigenvalue weighted by atomic mass is 35.5. The quantitative estimate of drug-likeness (QED) is 0.266. The number of halogens is 1. The van der Waals surface area contributed by atoms with Crippen LogP contribution in [-0.4, -0.2) is 30.5 Å². The summed E-state index contributed by atoms with van der Waals surface area (Å²) < 4.78 is 11.1. The predicted octanol–water partition coefficient (Wildman–Crippen LogP) is 5.76. The lowest BCUT2D eigenvalue weighted by molar-refractivity contribution is -0.132. The van der Waals surface area contributed by atoms with Gasteiger partial charge in [-0.25, -0.2) is 0 Å². The van der Waals surface area contributed by atoms with Gasteiger partial charge >= 0.3 is 0 Å². The molecule has 1 unspecified atom stereocenters. The van der Waals surface area contributed by atoms with E-state index in [2.05, 4.69) is 0 Å². The van der Waals surface area contributed by atoms with Gasteiger partial charge < -0.3 is 14.6 Å². The lowest BCUT2D eigenvalue weighted by Gasteiger charge is -2.26. The lowest BCUT2D eigenvalue weighted by Crippen LogP contribution is -2.29. The van der Waals surface area contributed by atoms with E-state index in [1.807, 2.05) is 6.92 Å². The van der Waals surface area contributed by atoms with Gasteiger partial charge in [0.25, 0.3) is 11.7 Å². The van der Waals surface area contributed by atoms with Crippen molar-refractivity contribution in [2.75, 3.05) is 18.6 Å². The molecule has 6 nitrogen and oxygen atoms in total. The van der Waals surface area contributed by atoms with Crippen LogP contribution in [-0.2, 0) is 9.59 Å². The van der Waals surface area contributed by atoms with Crippen molar-refractivity contribution in [1.29, 1.82) is 0 Å². The summed E-state index contributed by atoms with van der Waals surface area (Å²) in [7, 11) is 1.54. The Bertz CT molecular complexity index is 1270. The molecular weight excluding hydrogens is 454 g/mol. The van der Waals surface area contributed by atoms with E-state index >= 15 is 0 Å². The summed E-state index contributed by atoms with van der Waals surface area (Å²) in [5.41, 5.74) is 1.41. The summed E-state index contributed by atoms with van der Waals surface area (Å²) in [6.45, 7) is 2.53. The number of nitrogens with zero attached hydrogens (tertiary/aromatic N) is 1. The molecule has 0 aromatic heterocycles. The summed E-state index contributed by atoms with van der Waals surface area (Å²) in [6.07, 6.45) is 0.832. The molecule has 1 aliphatic rings. The third-order valence-corrected chi connectivity index (χ3v) is 5.76. The summed E-state index contributed by atoms with van der Waals surface area (Å²) in [5, 5.41) is 11.6. The molecule has 174 valence electrons. The Kier molecular flexibility index (Phi) is 6.89. The first-order chi connectivity index (χ1) is 16.4. The minimum absolute atomic E-state index is 0.0274. The second kappa shape index (κ2) is 10.0. The van der Waals surface area contributed by atoms with Gasteiger partial charge in [0, 0.05) is 22.3 Å². The topological polar surface area (TPSA) is 76.1 Å². The zero-order chi connectivity index (χ0) is 24.2. The Hall–Kier alpha value is -3.77. The normalized spacial score (nSPS) is 17.1. The third-order valence-electron chi connectivity index (χ3n) is 5.52. The molecule has 0 bridgehead atoms. The molecule has 1 heterocycles. The van der Waals surface area contributed by atoms with Gasteiger partial charge in [-0.3, -0.25) is 14.5 Å². The highest BCUT2D eigenvalue weighted by molar-refractivity contribution is 6.51. The van der Waals surface area contributed by atoms with Crippen molar-refractivity contribution in [3.05, 3.63) is 94.5 Å². The minimum atomic E-state index is -0.879. The van der Waals surface area contributed by atoms with Crippen LogP contribution in [0.25, 0.3) is 5.76 Å². The predicted molar refractivity (Wildman–Crippen MR) is 131 cm³/mol. The number of hydrogen-bond acceptors (Lipinski definition) is 5. The lowest BCUT2D eigenvalue weighted by atomic mass is 9.95. The maximum absolute atomic E-state index is 13.3. The molecule has 0 spiro atoms. The average molecular weight is 478 g/mol. The first kappa shape index (κ1) is 23.4. The number of ether oxygens (including phenoxy) is 2. The van der Waals surface area contributed by atoms with Crippen molar-refractivity contribution in [1.82, 2.24) is 0 Å². The van der Waals surface area contributed by atoms with Crippen LogP contribution in [0.5, 0.6) is 11.5 Å². The highest BCUT2D eigenvalue weighted by Crippen LogP contribution is 2.43. The summed E-state index contributed by atoms with van der Waals surface area (Å²) in [5.74, 6) is -0.685. The van der Waals surface area contributed by atoms with Crippen molar-refractivity contribution in [2.45, 2.75) is 19.4 Å². The first-order valence-corrected chi connectivity index (χ1v) is 11.3. The first-order valence-electron chi connectivity index (χ1n) is 10.9. The van der Waals surface area contributed by atoms with Crippen LogP contribution in [0.15, 0.2) is 78.4 Å². The van der Waals surface area contributed by atoms with Crippen LogP contribution >= 0.6 is 11.6 Å². The summed E-state index contributed by atoms with van der Waals surface area (Å²) >= 11 is 6.11. The molecule has 1 saturated heterocycles. The Morgan fingerprint density at radius 1 is 1.00 bits per heavy atom. The molecule has 0 aliphatic carbocycles. The fraction of sp³-hybridized carbons (Fsp3) is 0.185. The molecule has 4 rings (SSSR count). The molecule has 3 aromatic carbocycles. The second-order valence-corrected chi connectivity index (χ2v) is 8.24. The Morgan fingerprint density at radius 2 is 1.74 bits per heavy atom. The monoisotopic (exact) mass is 477 g/mol. The molecular formula is C27H24ClNO5. The van der Waals surface area contributed by atoms with Gasteiger partial charge in [-0.05, 0) is 48.4 Å². The number of aliphatic hydroxyl groups is 1. The SMILES string of the molecule is CCCOc1cccc(N2C(=O)C(=O)/C(=C(/O)c3cccc(Cl)c3)C2c2cccc(OC)c2)c1. The number of hydrogen-bond donors (Lipinski definition) is 1. The van der Waals surface area contributed by atoms with Crippen molar-refractivity contribution in [3.8, 4) is 11.5 Å². The summed E-state index contributed by atoms with van der Waals surface area (Å²) in [6, 6.07) is 19.7. The summed E-state index contributed by atoms with van der Waals surface area (Å²) in [4.78, 5) is 28.0. The number of carbonyl (C=O) groups is 2. The molecule has 7 heteroatoms. The molecule has 0 saturated carbocycles. The number of benzene rings is 3. The van der Waals surface area contributed by atoms with Crippen LogP contribution in [0.4, 0.5) is 5.69 Å². The van der Waals surface area contributed by atoms with E-state index in [1.165, 1.54) is 12.0 Å². The number of aliphatic hydroxyl groups excluding tert-OH is 1. The van der Waals surface area contributed by atoms with Crippen molar-refractivity contribution in [3.63, 3.8) is 0 Å². The minimum Gasteiger partial charge on any atom is -0.507 e. The van der Waals surface area contributed by atoms with Gasteiger partial charge in [0.2, 0.25) is 0 Å². The molecule has 1 N–H and O–H groups in total. The van der Waals surface area contributed by atoms with Crippen LogP contribution < -0.4 is 14.4 Å². The number of methoxy groups -OCH3 is 1. The molecule has 1 aliphatic heterocycles. The number of Topliss-reactive ketones (excluding diaryl/α,β-unsaturated/α-hetero) is 1. The Labute approximate surface area is 203 Å². The largest absolute Gasteiger partial charge is 0.507 e. The van der Waals surface area contributed by atoms with Crippen molar-refractivity contribution in [2.24, 2.45) is 0 Å². The van der Waals surface area contributed by atoms with E-state index in [0.717, 1.165) is 6.42 Å². The van der Waals surface area contributed by atoms with Gasteiger partial charge in [0.1, 0.15) is 17.3 Å².